The highest BCUT2D eigenvalue weighted by molar-refractivity contribution is 7.99. The number of thioether (sulfide) groups is 1. The standard InChI is InChI=1S/C18H22N4O4S3/c19-16(23)12-27-10-14-11-28-18(20-14)21-17(24)13-4-6-15(7-5-13)29(25,26)22-8-2-1-3-9-22/h4-7,11H,1-3,8-10,12H2,(H2,19,23)(H,20,21,24). The number of rotatable bonds is 8. The Hall–Kier alpha value is -1.95. The van der Waals surface area contributed by atoms with Crippen molar-refractivity contribution in [2.24, 2.45) is 5.73 Å². The minimum Gasteiger partial charge on any atom is -0.369 e. The highest BCUT2D eigenvalue weighted by atomic mass is 32.2. The van der Waals surface area contributed by atoms with Crippen molar-refractivity contribution in [2.75, 3.05) is 24.2 Å². The first-order valence-corrected chi connectivity index (χ1v) is 12.6. The first kappa shape index (κ1) is 21.8. The van der Waals surface area contributed by atoms with Crippen LogP contribution in [0, 0.1) is 0 Å². The van der Waals surface area contributed by atoms with E-state index in [1.165, 1.54) is 51.7 Å². The van der Waals surface area contributed by atoms with E-state index in [-0.39, 0.29) is 22.5 Å². The van der Waals surface area contributed by atoms with Gasteiger partial charge in [0.15, 0.2) is 5.13 Å². The molecular formula is C18H22N4O4S3. The van der Waals surface area contributed by atoms with Gasteiger partial charge in [0.1, 0.15) is 0 Å². The van der Waals surface area contributed by atoms with E-state index in [0.29, 0.717) is 29.5 Å². The van der Waals surface area contributed by atoms with Crippen LogP contribution in [-0.4, -0.2) is 48.4 Å². The van der Waals surface area contributed by atoms with Crippen LogP contribution in [0.3, 0.4) is 0 Å². The van der Waals surface area contributed by atoms with Gasteiger partial charge in [0.05, 0.1) is 16.3 Å². The van der Waals surface area contributed by atoms with Crippen LogP contribution >= 0.6 is 23.1 Å². The number of aromatic nitrogens is 1. The molecule has 11 heteroatoms. The monoisotopic (exact) mass is 454 g/mol. The van der Waals surface area contributed by atoms with Crippen LogP contribution in [0.4, 0.5) is 5.13 Å². The zero-order valence-electron chi connectivity index (χ0n) is 15.7. The summed E-state index contributed by atoms with van der Waals surface area (Å²) in [5.74, 6) is -0.00769. The van der Waals surface area contributed by atoms with Gasteiger partial charge in [-0.05, 0) is 37.1 Å². The maximum atomic E-state index is 12.7. The van der Waals surface area contributed by atoms with E-state index in [4.69, 9.17) is 5.73 Å². The van der Waals surface area contributed by atoms with Crippen molar-refractivity contribution >= 4 is 50.1 Å². The number of carbonyl (C=O) groups is 2. The van der Waals surface area contributed by atoms with Gasteiger partial charge >= 0.3 is 0 Å². The second-order valence-electron chi connectivity index (χ2n) is 6.55. The van der Waals surface area contributed by atoms with Gasteiger partial charge in [0.25, 0.3) is 5.91 Å². The predicted molar refractivity (Wildman–Crippen MR) is 114 cm³/mol. The van der Waals surface area contributed by atoms with Crippen molar-refractivity contribution < 1.29 is 18.0 Å². The SMILES string of the molecule is NC(=O)CSCc1csc(NC(=O)c2ccc(S(=O)(=O)N3CCCCC3)cc2)n1. The first-order valence-electron chi connectivity index (χ1n) is 9.08. The fraction of sp³-hybridized carbons (Fsp3) is 0.389. The number of hydrogen-bond donors (Lipinski definition) is 2. The summed E-state index contributed by atoms with van der Waals surface area (Å²) in [6.45, 7) is 1.07. The Morgan fingerprint density at radius 2 is 1.86 bits per heavy atom. The maximum Gasteiger partial charge on any atom is 0.257 e. The minimum absolute atomic E-state index is 0.193. The molecule has 0 spiro atoms. The average Bonchev–Trinajstić information content (AvgIpc) is 3.15. The number of piperidine rings is 1. The smallest absolute Gasteiger partial charge is 0.257 e. The molecule has 0 bridgehead atoms. The quantitative estimate of drug-likeness (QED) is 0.631. The van der Waals surface area contributed by atoms with E-state index in [1.54, 1.807) is 5.38 Å². The summed E-state index contributed by atoms with van der Waals surface area (Å²) in [5, 5.41) is 4.95. The number of hydrogen-bond acceptors (Lipinski definition) is 7. The summed E-state index contributed by atoms with van der Waals surface area (Å²) in [5.41, 5.74) is 6.20. The topological polar surface area (TPSA) is 122 Å². The van der Waals surface area contributed by atoms with Gasteiger partial charge in [-0.25, -0.2) is 13.4 Å². The summed E-state index contributed by atoms with van der Waals surface area (Å²) >= 11 is 2.64. The minimum atomic E-state index is -3.52. The van der Waals surface area contributed by atoms with Crippen LogP contribution < -0.4 is 11.1 Å². The number of benzene rings is 1. The second-order valence-corrected chi connectivity index (χ2v) is 10.3. The number of carbonyl (C=O) groups excluding carboxylic acids is 2. The highest BCUT2D eigenvalue weighted by Gasteiger charge is 2.26. The summed E-state index contributed by atoms with van der Waals surface area (Å²) in [6, 6.07) is 5.94. The van der Waals surface area contributed by atoms with Crippen molar-refractivity contribution in [2.45, 2.75) is 29.9 Å². The molecule has 0 saturated carbocycles. The molecule has 0 radical (unpaired) electrons. The fourth-order valence-corrected chi connectivity index (χ4v) is 5.88. The normalized spacial score (nSPS) is 15.2. The van der Waals surface area contributed by atoms with Gasteiger partial charge in [-0.15, -0.1) is 23.1 Å². The zero-order chi connectivity index (χ0) is 20.9. The summed E-state index contributed by atoms with van der Waals surface area (Å²) in [7, 11) is -3.52. The van der Waals surface area contributed by atoms with Crippen molar-refractivity contribution in [1.82, 2.24) is 9.29 Å². The Morgan fingerprint density at radius 3 is 2.52 bits per heavy atom. The lowest BCUT2D eigenvalue weighted by Crippen LogP contribution is -2.35. The van der Waals surface area contributed by atoms with Gasteiger partial charge < -0.3 is 5.73 Å². The molecule has 2 aromatic rings. The average molecular weight is 455 g/mol. The Bertz CT molecular complexity index is 967. The Balaban J connectivity index is 1.60. The molecule has 3 N–H and O–H groups in total. The van der Waals surface area contributed by atoms with E-state index < -0.39 is 10.0 Å². The molecule has 0 aliphatic carbocycles. The molecule has 2 amide bonds. The first-order chi connectivity index (χ1) is 13.9. The largest absolute Gasteiger partial charge is 0.369 e. The van der Waals surface area contributed by atoms with Crippen molar-refractivity contribution in [1.29, 1.82) is 0 Å². The Labute approximate surface area is 177 Å². The van der Waals surface area contributed by atoms with E-state index in [0.717, 1.165) is 25.0 Å². The van der Waals surface area contributed by atoms with Crippen LogP contribution in [0.2, 0.25) is 0 Å². The van der Waals surface area contributed by atoms with Crippen molar-refractivity contribution in [3.05, 3.63) is 40.9 Å². The van der Waals surface area contributed by atoms with Crippen LogP contribution in [0.15, 0.2) is 34.5 Å². The van der Waals surface area contributed by atoms with E-state index in [1.807, 2.05) is 0 Å². The summed E-state index contributed by atoms with van der Waals surface area (Å²) in [6.07, 6.45) is 2.79. The number of amides is 2. The van der Waals surface area contributed by atoms with Gasteiger partial charge in [0.2, 0.25) is 15.9 Å². The summed E-state index contributed by atoms with van der Waals surface area (Å²) < 4.78 is 26.9. The third-order valence-corrected chi connectivity index (χ3v) is 8.04. The lowest BCUT2D eigenvalue weighted by atomic mass is 10.2. The molecule has 1 aromatic heterocycles. The number of primary amides is 1. The van der Waals surface area contributed by atoms with Gasteiger partial charge in [-0.2, -0.15) is 4.31 Å². The molecule has 1 aliphatic rings. The third kappa shape index (κ3) is 5.78. The molecule has 29 heavy (non-hydrogen) atoms. The number of nitrogens with two attached hydrogens (primary N) is 1. The number of nitrogens with zero attached hydrogens (tertiary/aromatic N) is 2. The van der Waals surface area contributed by atoms with Gasteiger partial charge in [-0.3, -0.25) is 14.9 Å². The molecule has 2 heterocycles. The molecule has 156 valence electrons. The van der Waals surface area contributed by atoms with Crippen LogP contribution in [0.5, 0.6) is 0 Å². The van der Waals surface area contributed by atoms with E-state index in [2.05, 4.69) is 10.3 Å². The lowest BCUT2D eigenvalue weighted by Gasteiger charge is -2.25. The molecule has 8 nitrogen and oxygen atoms in total. The van der Waals surface area contributed by atoms with Gasteiger partial charge in [0, 0.05) is 29.8 Å². The fourth-order valence-electron chi connectivity index (χ4n) is 2.89. The summed E-state index contributed by atoms with van der Waals surface area (Å²) in [4.78, 5) is 27.7. The lowest BCUT2D eigenvalue weighted by molar-refractivity contribution is -0.115. The Kier molecular flexibility index (Phi) is 7.28. The molecule has 1 fully saturated rings. The number of nitrogens with one attached hydrogen (secondary N) is 1. The molecule has 3 rings (SSSR count). The van der Waals surface area contributed by atoms with Crippen LogP contribution in [0.1, 0.15) is 35.3 Å². The Morgan fingerprint density at radius 1 is 1.17 bits per heavy atom. The highest BCUT2D eigenvalue weighted by Crippen LogP contribution is 2.22. The predicted octanol–water partition coefficient (Wildman–Crippen LogP) is 2.29. The van der Waals surface area contributed by atoms with Crippen molar-refractivity contribution in [3.63, 3.8) is 0 Å². The molecule has 0 atom stereocenters. The molecule has 1 aromatic carbocycles. The van der Waals surface area contributed by atoms with E-state index in [9.17, 15) is 18.0 Å². The molecular weight excluding hydrogens is 432 g/mol. The number of anilines is 1. The third-order valence-electron chi connectivity index (χ3n) is 4.34. The van der Waals surface area contributed by atoms with Gasteiger partial charge in [-0.1, -0.05) is 6.42 Å². The zero-order valence-corrected chi connectivity index (χ0v) is 18.1. The molecule has 1 saturated heterocycles. The molecule has 0 unspecified atom stereocenters. The van der Waals surface area contributed by atoms with Crippen LogP contribution in [-0.2, 0) is 20.6 Å². The number of thiazole rings is 1. The van der Waals surface area contributed by atoms with E-state index >= 15 is 0 Å². The maximum absolute atomic E-state index is 12.7. The second kappa shape index (κ2) is 9.70. The number of sulfonamides is 1. The molecule has 1 aliphatic heterocycles. The van der Waals surface area contributed by atoms with Crippen molar-refractivity contribution in [3.8, 4) is 0 Å². The van der Waals surface area contributed by atoms with Crippen LogP contribution in [0.25, 0.3) is 0 Å².